The first kappa shape index (κ1) is 17.0. The molecule has 0 amide bonds. The summed E-state index contributed by atoms with van der Waals surface area (Å²) in [7, 11) is 1.66. The number of rotatable bonds is 4. The molecule has 4 rings (SSSR count). The molecule has 27 heavy (non-hydrogen) atoms. The largest absolute Gasteiger partial charge is 0.497 e. The number of ether oxygens (including phenoxy) is 2. The summed E-state index contributed by atoms with van der Waals surface area (Å²) in [6.45, 7) is 2.16. The van der Waals surface area contributed by atoms with Gasteiger partial charge in [-0.1, -0.05) is 36.4 Å². The first-order valence-electron chi connectivity index (χ1n) is 8.85. The smallest absolute Gasteiger partial charge is 0.338 e. The zero-order valence-electron chi connectivity index (χ0n) is 15.2. The standard InChI is InChI=1S/C23H19NO3/c1-3-27-23(25)16-10-8-15(9-11-16)22-19-7-5-4-6-18(19)20-14-17(26-2)12-13-21(20)24-22/h4-14H,3H2,1-2H3. The van der Waals surface area contributed by atoms with E-state index in [2.05, 4.69) is 12.1 Å². The van der Waals surface area contributed by atoms with E-state index in [0.717, 1.165) is 38.7 Å². The van der Waals surface area contributed by atoms with Gasteiger partial charge in [-0.25, -0.2) is 9.78 Å². The third-order valence-corrected chi connectivity index (χ3v) is 4.58. The highest BCUT2D eigenvalue weighted by Gasteiger charge is 2.12. The molecule has 0 saturated heterocycles. The minimum Gasteiger partial charge on any atom is -0.497 e. The van der Waals surface area contributed by atoms with Crippen molar-refractivity contribution in [2.24, 2.45) is 0 Å². The first-order chi connectivity index (χ1) is 13.2. The molecule has 0 bridgehead atoms. The Hall–Kier alpha value is -3.40. The highest BCUT2D eigenvalue weighted by molar-refractivity contribution is 6.11. The van der Waals surface area contributed by atoms with E-state index in [-0.39, 0.29) is 5.97 Å². The summed E-state index contributed by atoms with van der Waals surface area (Å²) >= 11 is 0. The predicted octanol–water partition coefficient (Wildman–Crippen LogP) is 5.24. The molecule has 134 valence electrons. The first-order valence-corrected chi connectivity index (χ1v) is 8.85. The van der Waals surface area contributed by atoms with Gasteiger partial charge in [-0.05, 0) is 42.6 Å². The highest BCUT2D eigenvalue weighted by atomic mass is 16.5. The molecule has 0 unspecified atom stereocenters. The molecule has 0 saturated carbocycles. The van der Waals surface area contributed by atoms with E-state index >= 15 is 0 Å². The molecule has 0 aliphatic heterocycles. The molecule has 0 spiro atoms. The Balaban J connectivity index is 1.89. The second kappa shape index (κ2) is 7.08. The van der Waals surface area contributed by atoms with Gasteiger partial charge in [0, 0.05) is 16.3 Å². The number of esters is 1. The van der Waals surface area contributed by atoms with Crippen LogP contribution in [-0.2, 0) is 4.74 Å². The van der Waals surface area contributed by atoms with E-state index in [0.29, 0.717) is 12.2 Å². The minimum absolute atomic E-state index is 0.313. The zero-order valence-corrected chi connectivity index (χ0v) is 15.2. The number of carbonyl (C=O) groups is 1. The Morgan fingerprint density at radius 2 is 1.67 bits per heavy atom. The average Bonchev–Trinajstić information content (AvgIpc) is 2.73. The Morgan fingerprint density at radius 1 is 0.926 bits per heavy atom. The topological polar surface area (TPSA) is 48.4 Å². The number of nitrogens with zero attached hydrogens (tertiary/aromatic N) is 1. The monoisotopic (exact) mass is 357 g/mol. The van der Waals surface area contributed by atoms with Crippen LogP contribution in [0.1, 0.15) is 17.3 Å². The molecule has 1 aromatic heterocycles. The lowest BCUT2D eigenvalue weighted by molar-refractivity contribution is 0.0526. The number of hydrogen-bond acceptors (Lipinski definition) is 4. The van der Waals surface area contributed by atoms with E-state index < -0.39 is 0 Å². The van der Waals surface area contributed by atoms with Crippen molar-refractivity contribution >= 4 is 27.6 Å². The van der Waals surface area contributed by atoms with Crippen LogP contribution in [0.25, 0.3) is 32.9 Å². The van der Waals surface area contributed by atoms with Crippen molar-refractivity contribution in [3.63, 3.8) is 0 Å². The van der Waals surface area contributed by atoms with Crippen LogP contribution >= 0.6 is 0 Å². The fourth-order valence-electron chi connectivity index (χ4n) is 3.26. The summed E-state index contributed by atoms with van der Waals surface area (Å²) < 4.78 is 10.4. The fourth-order valence-corrected chi connectivity index (χ4v) is 3.26. The van der Waals surface area contributed by atoms with Crippen LogP contribution < -0.4 is 4.74 Å². The van der Waals surface area contributed by atoms with Crippen LogP contribution in [0.3, 0.4) is 0 Å². The van der Waals surface area contributed by atoms with E-state index in [1.54, 1.807) is 26.2 Å². The molecule has 4 aromatic rings. The Morgan fingerprint density at radius 3 is 2.37 bits per heavy atom. The second-order valence-corrected chi connectivity index (χ2v) is 6.19. The van der Waals surface area contributed by atoms with Gasteiger partial charge in [-0.2, -0.15) is 0 Å². The number of hydrogen-bond donors (Lipinski definition) is 0. The lowest BCUT2D eigenvalue weighted by Gasteiger charge is -2.11. The molecular formula is C23H19NO3. The Kier molecular flexibility index (Phi) is 4.47. The lowest BCUT2D eigenvalue weighted by Crippen LogP contribution is -2.04. The number of aromatic nitrogens is 1. The Bertz CT molecular complexity index is 1130. The SMILES string of the molecule is CCOC(=O)c1ccc(-c2nc3ccc(OC)cc3c3ccccc23)cc1. The van der Waals surface area contributed by atoms with Gasteiger partial charge in [0.25, 0.3) is 0 Å². The number of methoxy groups -OCH3 is 1. The summed E-state index contributed by atoms with van der Waals surface area (Å²) in [5, 5.41) is 3.23. The maximum Gasteiger partial charge on any atom is 0.338 e. The average molecular weight is 357 g/mol. The molecule has 0 aliphatic rings. The summed E-state index contributed by atoms with van der Waals surface area (Å²) in [5.74, 6) is 0.494. The number of pyridine rings is 1. The Labute approximate surface area is 157 Å². The molecule has 4 heteroatoms. The number of benzene rings is 3. The maximum absolute atomic E-state index is 11.9. The van der Waals surface area contributed by atoms with E-state index in [9.17, 15) is 4.79 Å². The van der Waals surface area contributed by atoms with Crippen molar-refractivity contribution in [3.05, 3.63) is 72.3 Å². The molecule has 4 nitrogen and oxygen atoms in total. The second-order valence-electron chi connectivity index (χ2n) is 6.19. The quantitative estimate of drug-likeness (QED) is 0.370. The number of carbonyl (C=O) groups excluding carboxylic acids is 1. The third-order valence-electron chi connectivity index (χ3n) is 4.58. The van der Waals surface area contributed by atoms with Gasteiger partial charge in [-0.3, -0.25) is 0 Å². The van der Waals surface area contributed by atoms with Gasteiger partial charge in [0.15, 0.2) is 0 Å². The summed E-state index contributed by atoms with van der Waals surface area (Å²) in [4.78, 5) is 16.8. The van der Waals surface area contributed by atoms with Crippen LogP contribution in [0.15, 0.2) is 66.7 Å². The molecular weight excluding hydrogens is 338 g/mol. The van der Waals surface area contributed by atoms with Gasteiger partial charge in [0.2, 0.25) is 0 Å². The van der Waals surface area contributed by atoms with Crippen LogP contribution in [-0.4, -0.2) is 24.7 Å². The molecule has 0 N–H and O–H groups in total. The third kappa shape index (κ3) is 3.10. The van der Waals surface area contributed by atoms with Crippen LogP contribution in [0.5, 0.6) is 5.75 Å². The number of fused-ring (bicyclic) bond motifs is 3. The molecule has 0 radical (unpaired) electrons. The molecule has 0 fully saturated rings. The van der Waals surface area contributed by atoms with Crippen molar-refractivity contribution in [1.29, 1.82) is 0 Å². The van der Waals surface area contributed by atoms with Crippen molar-refractivity contribution < 1.29 is 14.3 Å². The molecule has 0 aliphatic carbocycles. The minimum atomic E-state index is -0.313. The van der Waals surface area contributed by atoms with E-state index in [1.165, 1.54) is 0 Å². The van der Waals surface area contributed by atoms with Gasteiger partial charge in [0.05, 0.1) is 30.5 Å². The van der Waals surface area contributed by atoms with Crippen molar-refractivity contribution in [2.45, 2.75) is 6.92 Å². The van der Waals surface area contributed by atoms with Gasteiger partial charge in [0.1, 0.15) is 5.75 Å². The lowest BCUT2D eigenvalue weighted by atomic mass is 9.99. The predicted molar refractivity (Wildman–Crippen MR) is 107 cm³/mol. The summed E-state index contributed by atoms with van der Waals surface area (Å²) in [6, 6.07) is 21.5. The molecule has 0 atom stereocenters. The van der Waals surface area contributed by atoms with Crippen molar-refractivity contribution in [2.75, 3.05) is 13.7 Å². The fraction of sp³-hybridized carbons (Fsp3) is 0.130. The van der Waals surface area contributed by atoms with E-state index in [1.807, 2.05) is 42.5 Å². The zero-order chi connectivity index (χ0) is 18.8. The molecule has 3 aromatic carbocycles. The maximum atomic E-state index is 11.9. The van der Waals surface area contributed by atoms with Gasteiger partial charge >= 0.3 is 5.97 Å². The van der Waals surface area contributed by atoms with Crippen LogP contribution in [0.4, 0.5) is 0 Å². The van der Waals surface area contributed by atoms with Crippen molar-refractivity contribution in [3.8, 4) is 17.0 Å². The van der Waals surface area contributed by atoms with Crippen LogP contribution in [0, 0.1) is 0 Å². The van der Waals surface area contributed by atoms with Gasteiger partial charge < -0.3 is 9.47 Å². The summed E-state index contributed by atoms with van der Waals surface area (Å²) in [6.07, 6.45) is 0. The van der Waals surface area contributed by atoms with Crippen LogP contribution in [0.2, 0.25) is 0 Å². The summed E-state index contributed by atoms with van der Waals surface area (Å²) in [5.41, 5.74) is 3.28. The van der Waals surface area contributed by atoms with Crippen molar-refractivity contribution in [1.82, 2.24) is 4.98 Å². The molecule has 1 heterocycles. The van der Waals surface area contributed by atoms with E-state index in [4.69, 9.17) is 14.5 Å². The van der Waals surface area contributed by atoms with Gasteiger partial charge in [-0.15, -0.1) is 0 Å². The normalized spacial score (nSPS) is 10.9. The highest BCUT2D eigenvalue weighted by Crippen LogP contribution is 2.34.